The second-order valence-corrected chi connectivity index (χ2v) is 8.37. The van der Waals surface area contributed by atoms with Gasteiger partial charge in [0, 0.05) is 24.3 Å². The number of benzene rings is 1. The van der Waals surface area contributed by atoms with Crippen LogP contribution in [0.25, 0.3) is 21.5 Å². The van der Waals surface area contributed by atoms with Gasteiger partial charge in [-0.3, -0.25) is 14.9 Å². The highest BCUT2D eigenvalue weighted by molar-refractivity contribution is 7.21. The molecule has 0 aliphatic carbocycles. The van der Waals surface area contributed by atoms with Crippen LogP contribution in [0.3, 0.4) is 0 Å². The van der Waals surface area contributed by atoms with Crippen molar-refractivity contribution in [3.8, 4) is 11.3 Å². The number of fused-ring (bicyclic) bond motifs is 3. The number of aromatic nitrogens is 1. The lowest BCUT2D eigenvalue weighted by Crippen LogP contribution is -2.37. The van der Waals surface area contributed by atoms with E-state index in [4.69, 9.17) is 9.15 Å². The second kappa shape index (κ2) is 7.74. The zero-order chi connectivity index (χ0) is 22.4. The Kier molecular flexibility index (Phi) is 4.87. The Morgan fingerprint density at radius 2 is 2.06 bits per heavy atom. The minimum Gasteiger partial charge on any atom is -0.457 e. The standard InChI is InChI=1S/C22H18N4O5S/c1-11-9-12(10-30-2)17-18-19(32-22(17)23-11)21(27)25-20(24-18)16-8-7-15(31-16)13-5-3-4-6-14(13)26(28)29/h3-9,20,24H,10H2,1-2H3,(H,25,27)/t20-/m1/s1. The van der Waals surface area contributed by atoms with E-state index in [1.165, 1.54) is 17.4 Å². The molecule has 0 unspecified atom stereocenters. The Balaban J connectivity index is 1.55. The number of nitro benzene ring substituents is 1. The normalized spacial score (nSPS) is 15.3. The van der Waals surface area contributed by atoms with E-state index < -0.39 is 11.1 Å². The summed E-state index contributed by atoms with van der Waals surface area (Å²) in [6, 6.07) is 11.7. The van der Waals surface area contributed by atoms with Gasteiger partial charge in [-0.25, -0.2) is 4.98 Å². The third kappa shape index (κ3) is 3.29. The average Bonchev–Trinajstić information content (AvgIpc) is 3.39. The molecule has 3 aromatic heterocycles. The van der Waals surface area contributed by atoms with Gasteiger partial charge >= 0.3 is 0 Å². The molecule has 1 atom stereocenters. The van der Waals surface area contributed by atoms with Crippen LogP contribution in [0, 0.1) is 17.0 Å². The largest absolute Gasteiger partial charge is 0.457 e. The lowest BCUT2D eigenvalue weighted by atomic mass is 10.1. The molecule has 4 heterocycles. The van der Waals surface area contributed by atoms with Gasteiger partial charge < -0.3 is 19.8 Å². The van der Waals surface area contributed by atoms with Crippen molar-refractivity contribution in [2.75, 3.05) is 12.4 Å². The van der Waals surface area contributed by atoms with E-state index in [0.717, 1.165) is 21.5 Å². The fourth-order valence-electron chi connectivity index (χ4n) is 3.89. The zero-order valence-electron chi connectivity index (χ0n) is 17.2. The van der Waals surface area contributed by atoms with Crippen LogP contribution in [-0.4, -0.2) is 22.9 Å². The van der Waals surface area contributed by atoms with Crippen LogP contribution in [0.4, 0.5) is 11.4 Å². The summed E-state index contributed by atoms with van der Waals surface area (Å²) in [6.45, 7) is 2.29. The number of carbonyl (C=O) groups is 1. The number of nitrogens with zero attached hydrogens (tertiary/aromatic N) is 2. The highest BCUT2D eigenvalue weighted by Gasteiger charge is 2.32. The lowest BCUT2D eigenvalue weighted by molar-refractivity contribution is -0.384. The molecule has 0 saturated heterocycles. The van der Waals surface area contributed by atoms with Gasteiger partial charge in [0.25, 0.3) is 11.6 Å². The molecule has 1 aliphatic rings. The molecule has 2 N–H and O–H groups in total. The monoisotopic (exact) mass is 450 g/mol. The molecule has 0 spiro atoms. The third-order valence-electron chi connectivity index (χ3n) is 5.22. The molecule has 162 valence electrons. The first-order valence-electron chi connectivity index (χ1n) is 9.79. The van der Waals surface area contributed by atoms with Gasteiger partial charge in [0.05, 0.1) is 22.8 Å². The van der Waals surface area contributed by atoms with E-state index in [1.807, 2.05) is 13.0 Å². The maximum absolute atomic E-state index is 12.9. The number of hydrogen-bond donors (Lipinski definition) is 2. The molecule has 1 aromatic carbocycles. The number of aryl methyl sites for hydroxylation is 1. The van der Waals surface area contributed by atoms with Crippen LogP contribution in [0.5, 0.6) is 0 Å². The number of ether oxygens (including phenoxy) is 1. The van der Waals surface area contributed by atoms with Crippen molar-refractivity contribution < 1.29 is 18.9 Å². The number of hydrogen-bond acceptors (Lipinski definition) is 8. The molecule has 1 aliphatic heterocycles. The number of carbonyl (C=O) groups excluding carboxylic acids is 1. The van der Waals surface area contributed by atoms with E-state index in [0.29, 0.717) is 34.3 Å². The van der Waals surface area contributed by atoms with Crippen LogP contribution in [0.1, 0.15) is 32.9 Å². The number of methoxy groups -OCH3 is 1. The van der Waals surface area contributed by atoms with Crippen LogP contribution < -0.4 is 10.6 Å². The quantitative estimate of drug-likeness (QED) is 0.332. The van der Waals surface area contributed by atoms with Crippen molar-refractivity contribution in [3.63, 3.8) is 0 Å². The van der Waals surface area contributed by atoms with Crippen molar-refractivity contribution >= 4 is 38.8 Å². The second-order valence-electron chi connectivity index (χ2n) is 7.37. The summed E-state index contributed by atoms with van der Waals surface area (Å²) in [5.74, 6) is 0.544. The zero-order valence-corrected chi connectivity index (χ0v) is 18.0. The summed E-state index contributed by atoms with van der Waals surface area (Å²) in [6.07, 6.45) is -0.638. The summed E-state index contributed by atoms with van der Waals surface area (Å²) >= 11 is 1.32. The Morgan fingerprint density at radius 1 is 1.25 bits per heavy atom. The molecule has 0 radical (unpaired) electrons. The molecule has 9 nitrogen and oxygen atoms in total. The smallest absolute Gasteiger partial charge is 0.280 e. The maximum Gasteiger partial charge on any atom is 0.280 e. The number of furan rings is 1. The molecular formula is C22H18N4O5S. The van der Waals surface area contributed by atoms with Crippen molar-refractivity contribution in [1.29, 1.82) is 0 Å². The highest BCUT2D eigenvalue weighted by atomic mass is 32.1. The molecule has 0 fully saturated rings. The Hall–Kier alpha value is -3.76. The van der Waals surface area contributed by atoms with Crippen molar-refractivity contribution in [1.82, 2.24) is 10.3 Å². The number of para-hydroxylation sites is 1. The number of anilines is 1. The maximum atomic E-state index is 12.9. The van der Waals surface area contributed by atoms with Crippen LogP contribution in [-0.2, 0) is 11.3 Å². The van der Waals surface area contributed by atoms with Crippen LogP contribution in [0.15, 0.2) is 46.9 Å². The van der Waals surface area contributed by atoms with Gasteiger partial charge in [-0.1, -0.05) is 12.1 Å². The summed E-state index contributed by atoms with van der Waals surface area (Å²) in [5.41, 5.74) is 2.79. The first-order chi connectivity index (χ1) is 15.5. The van der Waals surface area contributed by atoms with Crippen molar-refractivity contribution in [2.45, 2.75) is 19.7 Å². The first-order valence-corrected chi connectivity index (χ1v) is 10.6. The number of thiophene rings is 1. The minimum atomic E-state index is -0.638. The van der Waals surface area contributed by atoms with Crippen LogP contribution in [0.2, 0.25) is 0 Å². The fraction of sp³-hybridized carbons (Fsp3) is 0.182. The van der Waals surface area contributed by atoms with Crippen molar-refractivity contribution in [2.24, 2.45) is 0 Å². The van der Waals surface area contributed by atoms with Gasteiger partial charge in [0.2, 0.25) is 0 Å². The lowest BCUT2D eigenvalue weighted by Gasteiger charge is -2.24. The first kappa shape index (κ1) is 20.2. The average molecular weight is 450 g/mol. The van der Waals surface area contributed by atoms with Gasteiger partial charge in [-0.15, -0.1) is 11.3 Å². The van der Waals surface area contributed by atoms with E-state index in [-0.39, 0.29) is 11.6 Å². The molecule has 0 saturated carbocycles. The highest BCUT2D eigenvalue weighted by Crippen LogP contribution is 2.42. The fourth-order valence-corrected chi connectivity index (χ4v) is 5.03. The van der Waals surface area contributed by atoms with E-state index in [2.05, 4.69) is 15.6 Å². The Bertz CT molecular complexity index is 1380. The Morgan fingerprint density at radius 3 is 2.84 bits per heavy atom. The van der Waals surface area contributed by atoms with Gasteiger partial charge in [0.15, 0.2) is 6.17 Å². The van der Waals surface area contributed by atoms with Gasteiger partial charge in [0.1, 0.15) is 21.2 Å². The molecule has 10 heteroatoms. The molecule has 0 bridgehead atoms. The number of pyridine rings is 1. The molecule has 4 aromatic rings. The molecule has 1 amide bonds. The third-order valence-corrected chi connectivity index (χ3v) is 6.30. The summed E-state index contributed by atoms with van der Waals surface area (Å²) in [4.78, 5) is 29.7. The van der Waals surface area contributed by atoms with Crippen molar-refractivity contribution in [3.05, 3.63) is 74.5 Å². The van der Waals surface area contributed by atoms with Gasteiger partial charge in [-0.05, 0) is 36.8 Å². The summed E-state index contributed by atoms with van der Waals surface area (Å²) in [7, 11) is 1.62. The predicted molar refractivity (Wildman–Crippen MR) is 120 cm³/mol. The number of nitro groups is 1. The number of nitrogens with one attached hydrogen (secondary N) is 2. The summed E-state index contributed by atoms with van der Waals surface area (Å²) < 4.78 is 11.3. The predicted octanol–water partition coefficient (Wildman–Crippen LogP) is 4.77. The van der Waals surface area contributed by atoms with Gasteiger partial charge in [-0.2, -0.15) is 0 Å². The van der Waals surface area contributed by atoms with E-state index in [1.54, 1.807) is 37.4 Å². The SMILES string of the molecule is COCc1cc(C)nc2sc3c(c12)N[C@@H](c1ccc(-c2ccccc2[N+](=O)[O-])o1)NC3=O. The molecule has 32 heavy (non-hydrogen) atoms. The Labute approximate surface area is 186 Å². The van der Waals surface area contributed by atoms with E-state index >= 15 is 0 Å². The molecule has 5 rings (SSSR count). The minimum absolute atomic E-state index is 0.0502. The summed E-state index contributed by atoms with van der Waals surface area (Å²) in [5, 5.41) is 18.5. The van der Waals surface area contributed by atoms with Crippen LogP contribution >= 0.6 is 11.3 Å². The topological polar surface area (TPSA) is 120 Å². The molecular weight excluding hydrogens is 432 g/mol. The number of amides is 1. The van der Waals surface area contributed by atoms with E-state index in [9.17, 15) is 14.9 Å². The number of rotatable bonds is 5.